The van der Waals surface area contributed by atoms with E-state index in [-0.39, 0.29) is 5.82 Å². The number of aromatic nitrogens is 2. The molecule has 1 fully saturated rings. The van der Waals surface area contributed by atoms with Crippen molar-refractivity contribution in [2.75, 3.05) is 10.6 Å². The van der Waals surface area contributed by atoms with Gasteiger partial charge in [-0.1, -0.05) is 18.2 Å². The number of H-pyrrole nitrogens is 1. The number of hydrogen-bond acceptors (Lipinski definition) is 5. The molecule has 136 valence electrons. The molecule has 7 heteroatoms. The van der Waals surface area contributed by atoms with E-state index in [9.17, 15) is 4.39 Å². The molecule has 6 nitrogen and oxygen atoms in total. The predicted molar refractivity (Wildman–Crippen MR) is 103 cm³/mol. The second-order valence-electron chi connectivity index (χ2n) is 7.01. The van der Waals surface area contributed by atoms with E-state index in [0.29, 0.717) is 23.3 Å². The van der Waals surface area contributed by atoms with Gasteiger partial charge in [-0.25, -0.2) is 9.38 Å². The van der Waals surface area contributed by atoms with Crippen LogP contribution in [0.5, 0.6) is 0 Å². The van der Waals surface area contributed by atoms with Crippen molar-refractivity contribution in [1.82, 2.24) is 10.2 Å². The second kappa shape index (κ2) is 5.92. The summed E-state index contributed by atoms with van der Waals surface area (Å²) >= 11 is 0. The van der Waals surface area contributed by atoms with Crippen molar-refractivity contribution in [3.8, 4) is 0 Å². The third-order valence-electron chi connectivity index (χ3n) is 4.99. The van der Waals surface area contributed by atoms with Crippen LogP contribution in [0.25, 0.3) is 0 Å². The summed E-state index contributed by atoms with van der Waals surface area (Å²) in [6, 6.07) is 15.9. The minimum Gasteiger partial charge on any atom is -0.326 e. The second-order valence-corrected chi connectivity index (χ2v) is 7.01. The number of aromatic amines is 1. The Bertz CT molecular complexity index is 1020. The zero-order chi connectivity index (χ0) is 18.4. The first-order chi connectivity index (χ1) is 13.1. The molecule has 1 aliphatic carbocycles. The van der Waals surface area contributed by atoms with E-state index in [1.54, 1.807) is 12.1 Å². The van der Waals surface area contributed by atoms with Gasteiger partial charge in [0.15, 0.2) is 5.66 Å². The average molecular weight is 362 g/mol. The lowest BCUT2D eigenvalue weighted by molar-refractivity contribution is 0.547. The lowest BCUT2D eigenvalue weighted by Crippen LogP contribution is -2.44. The van der Waals surface area contributed by atoms with E-state index < -0.39 is 5.66 Å². The quantitative estimate of drug-likeness (QED) is 0.574. The summed E-state index contributed by atoms with van der Waals surface area (Å²) in [5.41, 5.74) is 9.87. The van der Waals surface area contributed by atoms with Crippen LogP contribution in [-0.2, 0) is 5.66 Å². The van der Waals surface area contributed by atoms with Gasteiger partial charge < -0.3 is 10.6 Å². The Hall–Kier alpha value is -3.19. The van der Waals surface area contributed by atoms with Gasteiger partial charge in [-0.3, -0.25) is 10.8 Å². The lowest BCUT2D eigenvalue weighted by Gasteiger charge is -2.32. The maximum atomic E-state index is 13.2. The number of benzene rings is 2. The van der Waals surface area contributed by atoms with E-state index in [1.807, 2.05) is 30.3 Å². The number of nitrogens with zero attached hydrogens (tertiary/aromatic N) is 2. The predicted octanol–water partition coefficient (Wildman–Crippen LogP) is 3.48. The van der Waals surface area contributed by atoms with Crippen LogP contribution in [0.15, 0.2) is 59.6 Å². The minimum absolute atomic E-state index is 0.290. The minimum atomic E-state index is -1.12. The van der Waals surface area contributed by atoms with Gasteiger partial charge in [0.25, 0.3) is 0 Å². The first kappa shape index (κ1) is 16.0. The van der Waals surface area contributed by atoms with Crippen molar-refractivity contribution < 1.29 is 4.39 Å². The van der Waals surface area contributed by atoms with Crippen molar-refractivity contribution >= 4 is 17.3 Å². The van der Waals surface area contributed by atoms with Crippen LogP contribution in [-0.4, -0.2) is 16.2 Å². The number of fused-ring (bicyclic) bond motifs is 1. The van der Waals surface area contributed by atoms with Gasteiger partial charge in [0.2, 0.25) is 5.96 Å². The Morgan fingerprint density at radius 1 is 1.11 bits per heavy atom. The van der Waals surface area contributed by atoms with Crippen LogP contribution in [0.3, 0.4) is 0 Å². The fourth-order valence-corrected chi connectivity index (χ4v) is 3.38. The van der Waals surface area contributed by atoms with Gasteiger partial charge in [0.1, 0.15) is 11.5 Å². The maximum Gasteiger partial charge on any atom is 0.202 e. The van der Waals surface area contributed by atoms with Gasteiger partial charge in [-0.05, 0) is 49.2 Å². The highest BCUT2D eigenvalue weighted by molar-refractivity contribution is 6.05. The molecule has 0 bridgehead atoms. The topological polar surface area (TPSA) is 91.1 Å². The highest BCUT2D eigenvalue weighted by atomic mass is 19.1. The SMILES string of the molecule is NC1(c2cc(C3CC3)[nH]n2)N=C(Nc2ccc(F)cc2)Nc2ccccc21. The van der Waals surface area contributed by atoms with E-state index in [0.717, 1.165) is 16.9 Å². The normalized spacial score (nSPS) is 21.2. The molecule has 5 N–H and O–H groups in total. The molecular weight excluding hydrogens is 343 g/mol. The molecule has 1 aliphatic heterocycles. The molecule has 0 spiro atoms. The van der Waals surface area contributed by atoms with Crippen molar-refractivity contribution in [2.24, 2.45) is 10.7 Å². The van der Waals surface area contributed by atoms with Crippen LogP contribution in [0.4, 0.5) is 15.8 Å². The summed E-state index contributed by atoms with van der Waals surface area (Å²) in [7, 11) is 0. The molecule has 1 unspecified atom stereocenters. The highest BCUT2D eigenvalue weighted by Gasteiger charge is 2.39. The summed E-state index contributed by atoms with van der Waals surface area (Å²) in [6.45, 7) is 0. The Morgan fingerprint density at radius 2 is 1.89 bits per heavy atom. The van der Waals surface area contributed by atoms with E-state index in [1.165, 1.54) is 25.0 Å². The number of guanidine groups is 1. The zero-order valence-corrected chi connectivity index (χ0v) is 14.5. The monoisotopic (exact) mass is 362 g/mol. The summed E-state index contributed by atoms with van der Waals surface area (Å²) in [5, 5.41) is 14.0. The standard InChI is InChI=1S/C20H19FN6/c21-13-7-9-14(10-8-13)23-19-24-16-4-2-1-3-15(16)20(22,25-19)18-11-17(26-27-18)12-5-6-12/h1-4,7-12H,5-6,22H2,(H,26,27)(H2,23,24,25). The van der Waals surface area contributed by atoms with Crippen LogP contribution in [0.1, 0.15) is 35.7 Å². The Balaban J connectivity index is 1.55. The number of rotatable bonds is 3. The van der Waals surface area contributed by atoms with Crippen molar-refractivity contribution in [2.45, 2.75) is 24.4 Å². The van der Waals surface area contributed by atoms with Gasteiger partial charge in [0.05, 0.1) is 0 Å². The van der Waals surface area contributed by atoms with Crippen molar-refractivity contribution in [1.29, 1.82) is 0 Å². The fourth-order valence-electron chi connectivity index (χ4n) is 3.38. The molecule has 1 saturated carbocycles. The maximum absolute atomic E-state index is 13.2. The molecule has 3 aromatic rings. The van der Waals surface area contributed by atoms with Gasteiger partial charge in [-0.2, -0.15) is 5.10 Å². The molecular formula is C20H19FN6. The molecule has 5 rings (SSSR count). The molecule has 0 radical (unpaired) electrons. The van der Waals surface area contributed by atoms with Gasteiger partial charge >= 0.3 is 0 Å². The van der Waals surface area contributed by atoms with Crippen LogP contribution in [0, 0.1) is 5.82 Å². The first-order valence-electron chi connectivity index (χ1n) is 8.95. The number of aliphatic imine (C=N–C) groups is 1. The molecule has 0 saturated heterocycles. The Morgan fingerprint density at radius 3 is 2.67 bits per heavy atom. The van der Waals surface area contributed by atoms with Gasteiger partial charge in [0, 0.05) is 28.6 Å². The summed E-state index contributed by atoms with van der Waals surface area (Å²) in [6.07, 6.45) is 2.36. The lowest BCUT2D eigenvalue weighted by atomic mass is 9.94. The summed E-state index contributed by atoms with van der Waals surface area (Å²) < 4.78 is 13.2. The average Bonchev–Trinajstić information content (AvgIpc) is 3.40. The third-order valence-corrected chi connectivity index (χ3v) is 4.99. The molecule has 27 heavy (non-hydrogen) atoms. The molecule has 2 heterocycles. The van der Waals surface area contributed by atoms with Crippen molar-refractivity contribution in [3.63, 3.8) is 0 Å². The molecule has 1 aromatic heterocycles. The van der Waals surface area contributed by atoms with Crippen molar-refractivity contribution in [3.05, 3.63) is 77.4 Å². The smallest absolute Gasteiger partial charge is 0.202 e. The van der Waals surface area contributed by atoms with E-state index in [4.69, 9.17) is 10.7 Å². The number of anilines is 2. The van der Waals surface area contributed by atoms with E-state index >= 15 is 0 Å². The fraction of sp³-hybridized carbons (Fsp3) is 0.200. The highest BCUT2D eigenvalue weighted by Crippen LogP contribution is 2.42. The first-order valence-corrected chi connectivity index (χ1v) is 8.95. The number of para-hydroxylation sites is 1. The van der Waals surface area contributed by atoms with Crippen LogP contribution in [0.2, 0.25) is 0 Å². The molecule has 2 aromatic carbocycles. The zero-order valence-electron chi connectivity index (χ0n) is 14.5. The summed E-state index contributed by atoms with van der Waals surface area (Å²) in [5.74, 6) is 0.744. The third kappa shape index (κ3) is 2.86. The number of hydrogen-bond donors (Lipinski definition) is 4. The van der Waals surface area contributed by atoms with Crippen LogP contribution < -0.4 is 16.4 Å². The van der Waals surface area contributed by atoms with Crippen LogP contribution >= 0.6 is 0 Å². The van der Waals surface area contributed by atoms with E-state index in [2.05, 4.69) is 20.8 Å². The molecule has 1 atom stereocenters. The molecule has 2 aliphatic rings. The summed E-state index contributed by atoms with van der Waals surface area (Å²) in [4.78, 5) is 4.73. The number of nitrogens with two attached hydrogens (primary N) is 1. The largest absolute Gasteiger partial charge is 0.326 e. The number of halogens is 1. The molecule has 0 amide bonds. The Kier molecular flexibility index (Phi) is 3.51. The van der Waals surface area contributed by atoms with Gasteiger partial charge in [-0.15, -0.1) is 0 Å². The number of nitrogens with one attached hydrogen (secondary N) is 3. The Labute approximate surface area is 155 Å².